The third kappa shape index (κ3) is 3.93. The first-order valence-corrected chi connectivity index (χ1v) is 10.6. The Kier molecular flexibility index (Phi) is 5.19. The van der Waals surface area contributed by atoms with Gasteiger partial charge in [-0.3, -0.25) is 9.48 Å². The molecule has 1 saturated heterocycles. The van der Waals surface area contributed by atoms with Crippen molar-refractivity contribution in [3.63, 3.8) is 0 Å². The third-order valence-electron chi connectivity index (χ3n) is 5.89. The van der Waals surface area contributed by atoms with E-state index in [0.29, 0.717) is 25.3 Å². The van der Waals surface area contributed by atoms with Crippen molar-refractivity contribution < 1.29 is 9.32 Å². The number of aromatic nitrogens is 5. The maximum Gasteiger partial charge on any atom is 0.224 e. The molecule has 0 bridgehead atoms. The second kappa shape index (κ2) is 8.29. The number of para-hydroxylation sites is 1. The molecule has 31 heavy (non-hydrogen) atoms. The molecule has 1 amide bonds. The Bertz CT molecular complexity index is 1210. The molecule has 0 saturated carbocycles. The van der Waals surface area contributed by atoms with Crippen LogP contribution in [-0.2, 0) is 11.3 Å². The number of aryl methyl sites for hydroxylation is 2. The van der Waals surface area contributed by atoms with Crippen LogP contribution in [0.4, 0.5) is 0 Å². The minimum atomic E-state index is 0.145. The molecule has 0 spiro atoms. The van der Waals surface area contributed by atoms with Crippen molar-refractivity contribution in [3.05, 3.63) is 60.4 Å². The maximum atomic E-state index is 13.0. The molecule has 5 rings (SSSR count). The standard InChI is InChI=1S/C23H24N6O2/c1-16-11-21(31-27-16)19-13-24-15-25-23(19)18-6-4-9-28(14-18)22(30)8-10-29-20-7-3-2-5-17(20)12-26-29/h2-3,5,7,11-13,15,18H,4,6,8-10,14H2,1H3. The molecule has 1 fully saturated rings. The van der Waals surface area contributed by atoms with Crippen molar-refractivity contribution in [1.29, 1.82) is 0 Å². The van der Waals surface area contributed by atoms with E-state index in [4.69, 9.17) is 4.52 Å². The van der Waals surface area contributed by atoms with Crippen LogP contribution in [0.5, 0.6) is 0 Å². The fourth-order valence-electron chi connectivity index (χ4n) is 4.34. The van der Waals surface area contributed by atoms with Crippen LogP contribution < -0.4 is 0 Å². The molecule has 158 valence electrons. The fourth-order valence-corrected chi connectivity index (χ4v) is 4.34. The zero-order valence-electron chi connectivity index (χ0n) is 17.4. The molecule has 3 aromatic heterocycles. The van der Waals surface area contributed by atoms with Gasteiger partial charge in [0.2, 0.25) is 5.91 Å². The molecule has 8 nitrogen and oxygen atoms in total. The molecule has 1 aromatic carbocycles. The number of likely N-dealkylation sites (tertiary alicyclic amines) is 1. The fraction of sp³-hybridized carbons (Fsp3) is 0.348. The number of carbonyl (C=O) groups excluding carboxylic acids is 1. The summed E-state index contributed by atoms with van der Waals surface area (Å²) in [5.41, 5.74) is 3.64. The lowest BCUT2D eigenvalue weighted by Crippen LogP contribution is -2.39. The van der Waals surface area contributed by atoms with Gasteiger partial charge in [0.1, 0.15) is 6.33 Å². The predicted molar refractivity (Wildman–Crippen MR) is 115 cm³/mol. The van der Waals surface area contributed by atoms with E-state index < -0.39 is 0 Å². The van der Waals surface area contributed by atoms with E-state index in [1.165, 1.54) is 0 Å². The molecule has 1 atom stereocenters. The lowest BCUT2D eigenvalue weighted by atomic mass is 9.91. The molecule has 0 N–H and O–H groups in total. The molecule has 1 aliphatic rings. The molecule has 0 aliphatic carbocycles. The highest BCUT2D eigenvalue weighted by Crippen LogP contribution is 2.33. The zero-order chi connectivity index (χ0) is 21.2. The third-order valence-corrected chi connectivity index (χ3v) is 5.89. The first-order valence-electron chi connectivity index (χ1n) is 10.6. The van der Waals surface area contributed by atoms with E-state index >= 15 is 0 Å². The maximum absolute atomic E-state index is 13.0. The van der Waals surface area contributed by atoms with Gasteiger partial charge in [-0.15, -0.1) is 0 Å². The summed E-state index contributed by atoms with van der Waals surface area (Å²) in [6.45, 7) is 3.89. The SMILES string of the molecule is Cc1cc(-c2cncnc2C2CCCN(C(=O)CCn3ncc4ccccc43)C2)on1. The highest BCUT2D eigenvalue weighted by molar-refractivity contribution is 5.79. The molecule has 1 aliphatic heterocycles. The molecule has 4 heterocycles. The molecule has 0 radical (unpaired) electrons. The number of benzene rings is 1. The quantitative estimate of drug-likeness (QED) is 0.494. The summed E-state index contributed by atoms with van der Waals surface area (Å²) >= 11 is 0. The minimum Gasteiger partial charge on any atom is -0.356 e. The largest absolute Gasteiger partial charge is 0.356 e. The van der Waals surface area contributed by atoms with Crippen molar-refractivity contribution >= 4 is 16.8 Å². The van der Waals surface area contributed by atoms with Crippen LogP contribution in [-0.4, -0.2) is 48.8 Å². The highest BCUT2D eigenvalue weighted by Gasteiger charge is 2.28. The van der Waals surface area contributed by atoms with Crippen molar-refractivity contribution in [2.75, 3.05) is 13.1 Å². The Hall–Kier alpha value is -3.55. The second-order valence-corrected chi connectivity index (χ2v) is 8.01. The highest BCUT2D eigenvalue weighted by atomic mass is 16.5. The topological polar surface area (TPSA) is 89.9 Å². The number of nitrogens with zero attached hydrogens (tertiary/aromatic N) is 6. The zero-order valence-corrected chi connectivity index (χ0v) is 17.4. The minimum absolute atomic E-state index is 0.145. The van der Waals surface area contributed by atoms with Crippen molar-refractivity contribution in [1.82, 2.24) is 29.8 Å². The Balaban J connectivity index is 1.29. The van der Waals surface area contributed by atoms with Gasteiger partial charge in [0.05, 0.1) is 35.2 Å². The molecule has 1 unspecified atom stereocenters. The second-order valence-electron chi connectivity index (χ2n) is 8.01. The van der Waals surface area contributed by atoms with Crippen LogP contribution in [0.1, 0.15) is 36.6 Å². The number of amides is 1. The Morgan fingerprint density at radius 3 is 3.03 bits per heavy atom. The van der Waals surface area contributed by atoms with Crippen LogP contribution in [0.25, 0.3) is 22.2 Å². The van der Waals surface area contributed by atoms with Gasteiger partial charge in [-0.05, 0) is 25.8 Å². The van der Waals surface area contributed by atoms with Gasteiger partial charge in [0, 0.05) is 43.1 Å². The Morgan fingerprint density at radius 1 is 1.26 bits per heavy atom. The number of hydrogen-bond donors (Lipinski definition) is 0. The van der Waals surface area contributed by atoms with Crippen molar-refractivity contribution in [2.45, 2.75) is 38.6 Å². The molecule has 4 aromatic rings. The van der Waals surface area contributed by atoms with Crippen LogP contribution in [0.2, 0.25) is 0 Å². The molecular formula is C23H24N6O2. The Labute approximate surface area is 179 Å². The van der Waals surface area contributed by atoms with Gasteiger partial charge < -0.3 is 9.42 Å². The summed E-state index contributed by atoms with van der Waals surface area (Å²) in [5, 5.41) is 9.51. The summed E-state index contributed by atoms with van der Waals surface area (Å²) in [6, 6.07) is 9.95. The average molecular weight is 416 g/mol. The van der Waals surface area contributed by atoms with Crippen LogP contribution >= 0.6 is 0 Å². The molecular weight excluding hydrogens is 392 g/mol. The molecule has 8 heteroatoms. The average Bonchev–Trinajstić information content (AvgIpc) is 3.44. The predicted octanol–water partition coefficient (Wildman–Crippen LogP) is 3.59. The van der Waals surface area contributed by atoms with E-state index in [0.717, 1.165) is 47.2 Å². The lowest BCUT2D eigenvalue weighted by Gasteiger charge is -2.33. The number of carbonyl (C=O) groups is 1. The van der Waals surface area contributed by atoms with Crippen LogP contribution in [0.15, 0.2) is 53.6 Å². The van der Waals surface area contributed by atoms with Gasteiger partial charge in [0.25, 0.3) is 0 Å². The summed E-state index contributed by atoms with van der Waals surface area (Å²) in [6.07, 6.45) is 7.52. The van der Waals surface area contributed by atoms with Crippen LogP contribution in [0.3, 0.4) is 0 Å². The smallest absolute Gasteiger partial charge is 0.224 e. The number of fused-ring (bicyclic) bond motifs is 1. The lowest BCUT2D eigenvalue weighted by molar-refractivity contribution is -0.132. The van der Waals surface area contributed by atoms with Gasteiger partial charge in [0.15, 0.2) is 5.76 Å². The van der Waals surface area contributed by atoms with Gasteiger partial charge in [-0.25, -0.2) is 9.97 Å². The summed E-state index contributed by atoms with van der Waals surface area (Å²) < 4.78 is 7.36. The van der Waals surface area contributed by atoms with Crippen molar-refractivity contribution in [2.24, 2.45) is 0 Å². The van der Waals surface area contributed by atoms with Gasteiger partial charge in [-0.1, -0.05) is 23.4 Å². The van der Waals surface area contributed by atoms with E-state index in [2.05, 4.69) is 20.2 Å². The monoisotopic (exact) mass is 416 g/mol. The normalized spacial score (nSPS) is 16.7. The number of rotatable bonds is 5. The van der Waals surface area contributed by atoms with Gasteiger partial charge >= 0.3 is 0 Å². The van der Waals surface area contributed by atoms with Crippen LogP contribution in [0, 0.1) is 6.92 Å². The van der Waals surface area contributed by atoms with E-state index in [-0.39, 0.29) is 11.8 Å². The number of hydrogen-bond acceptors (Lipinski definition) is 6. The summed E-state index contributed by atoms with van der Waals surface area (Å²) in [7, 11) is 0. The first kappa shape index (κ1) is 19.4. The summed E-state index contributed by atoms with van der Waals surface area (Å²) in [5.74, 6) is 0.962. The number of piperidine rings is 1. The first-order chi connectivity index (χ1) is 15.2. The summed E-state index contributed by atoms with van der Waals surface area (Å²) in [4.78, 5) is 23.7. The Morgan fingerprint density at radius 2 is 2.16 bits per heavy atom. The van der Waals surface area contributed by atoms with Gasteiger partial charge in [-0.2, -0.15) is 5.10 Å². The van der Waals surface area contributed by atoms with E-state index in [1.807, 2.05) is 53.0 Å². The van der Waals surface area contributed by atoms with E-state index in [9.17, 15) is 4.79 Å². The van der Waals surface area contributed by atoms with Crippen molar-refractivity contribution in [3.8, 4) is 11.3 Å². The van der Waals surface area contributed by atoms with E-state index in [1.54, 1.807) is 12.5 Å².